The van der Waals surface area contributed by atoms with E-state index in [0.29, 0.717) is 27.8 Å². The number of rotatable bonds is 2. The molecule has 0 radical (unpaired) electrons. The molecule has 0 saturated heterocycles. The maximum atomic E-state index is 12.4. The van der Waals surface area contributed by atoms with Gasteiger partial charge in [-0.3, -0.25) is 0 Å². The third kappa shape index (κ3) is 1.80. The first-order valence-electron chi connectivity index (χ1n) is 8.14. The number of methoxy groups -OCH3 is 1. The second kappa shape index (κ2) is 4.95. The number of carbonyl (C=O) groups excluding carboxylic acids is 1. The van der Waals surface area contributed by atoms with Gasteiger partial charge in [0.15, 0.2) is 0 Å². The van der Waals surface area contributed by atoms with Crippen molar-refractivity contribution in [3.8, 4) is 11.3 Å². The van der Waals surface area contributed by atoms with Gasteiger partial charge >= 0.3 is 11.9 Å². The summed E-state index contributed by atoms with van der Waals surface area (Å²) in [5, 5.41) is 10.6. The van der Waals surface area contributed by atoms with E-state index in [1.165, 1.54) is 7.11 Å². The lowest BCUT2D eigenvalue weighted by Crippen LogP contribution is -2.06. The zero-order valence-corrected chi connectivity index (χ0v) is 13.8. The van der Waals surface area contributed by atoms with Crippen LogP contribution in [0.3, 0.4) is 0 Å². The molecule has 2 aromatic carbocycles. The van der Waals surface area contributed by atoms with E-state index in [1.807, 2.05) is 47.2 Å². The number of fused-ring (bicyclic) bond motifs is 7. The van der Waals surface area contributed by atoms with Crippen molar-refractivity contribution in [3.05, 3.63) is 70.8 Å². The average Bonchev–Trinajstić information content (AvgIpc) is 3.29. The number of hydrogen-bond acceptors (Lipinski definition) is 3. The van der Waals surface area contributed by atoms with Crippen LogP contribution in [0.4, 0.5) is 0 Å². The van der Waals surface area contributed by atoms with Gasteiger partial charge in [0.1, 0.15) is 0 Å². The number of carboxylic acid groups (broad SMARTS) is 1. The first-order chi connectivity index (χ1) is 12.6. The predicted molar refractivity (Wildman–Crippen MR) is 97.5 cm³/mol. The summed E-state index contributed by atoms with van der Waals surface area (Å²) in [5.74, 6) is -1.40. The van der Waals surface area contributed by atoms with Gasteiger partial charge in [-0.15, -0.1) is 0 Å². The van der Waals surface area contributed by atoms with Crippen molar-refractivity contribution in [2.75, 3.05) is 7.11 Å². The monoisotopic (exact) mass is 343 g/mol. The van der Waals surface area contributed by atoms with Gasteiger partial charge in [-0.2, -0.15) is 0 Å². The Morgan fingerprint density at radius 2 is 1.88 bits per heavy atom. The molecular weight excluding hydrogens is 330 g/mol. The Labute approximate surface area is 148 Å². The van der Waals surface area contributed by atoms with Crippen LogP contribution in [0.2, 0.25) is 0 Å². The topological polar surface area (TPSA) is 68.5 Å². The lowest BCUT2D eigenvalue weighted by atomic mass is 9.96. The number of allylic oxidation sites excluding steroid dienone is 1. The molecule has 126 valence electrons. The number of carboxylic acids is 1. The fourth-order valence-corrected chi connectivity index (χ4v) is 3.79. The molecule has 3 aromatic rings. The molecule has 0 spiro atoms. The molecule has 0 unspecified atom stereocenters. The number of carbonyl (C=O) groups is 2. The number of benzene rings is 2. The fourth-order valence-electron chi connectivity index (χ4n) is 3.79. The van der Waals surface area contributed by atoms with E-state index >= 15 is 0 Å². The van der Waals surface area contributed by atoms with E-state index in [2.05, 4.69) is 0 Å². The van der Waals surface area contributed by atoms with Gasteiger partial charge in [0.2, 0.25) is 0 Å². The van der Waals surface area contributed by atoms with Gasteiger partial charge in [-0.05, 0) is 23.8 Å². The second-order valence-electron chi connectivity index (χ2n) is 6.28. The first-order valence-corrected chi connectivity index (χ1v) is 8.14. The third-order valence-corrected chi connectivity index (χ3v) is 4.94. The minimum absolute atomic E-state index is 0.302. The number of aromatic nitrogens is 1. The molecule has 26 heavy (non-hydrogen) atoms. The lowest BCUT2D eigenvalue weighted by Gasteiger charge is -2.12. The van der Waals surface area contributed by atoms with Crippen LogP contribution in [0, 0.1) is 0 Å². The molecule has 2 heterocycles. The van der Waals surface area contributed by atoms with E-state index < -0.39 is 11.9 Å². The summed E-state index contributed by atoms with van der Waals surface area (Å²) in [5.41, 5.74) is 5.36. The highest BCUT2D eigenvalue weighted by Gasteiger charge is 2.41. The lowest BCUT2D eigenvalue weighted by molar-refractivity contribution is -0.131. The SMILES string of the molecule is COC(=O)c1cccc2c1-c1cc3ccccc3n1C=C1C(C(=O)O)=C12. The maximum Gasteiger partial charge on any atom is 0.338 e. The van der Waals surface area contributed by atoms with Crippen molar-refractivity contribution in [2.24, 2.45) is 0 Å². The normalized spacial score (nSPS) is 14.1. The Hall–Kier alpha value is -3.60. The van der Waals surface area contributed by atoms with Gasteiger partial charge < -0.3 is 14.4 Å². The molecule has 0 amide bonds. The minimum Gasteiger partial charge on any atom is -0.478 e. The first kappa shape index (κ1) is 14.7. The van der Waals surface area contributed by atoms with Crippen molar-refractivity contribution < 1.29 is 19.4 Å². The molecule has 2 aliphatic rings. The summed E-state index contributed by atoms with van der Waals surface area (Å²) >= 11 is 0. The quantitative estimate of drug-likeness (QED) is 0.719. The van der Waals surface area contributed by atoms with Gasteiger partial charge in [-0.1, -0.05) is 30.3 Å². The summed E-state index contributed by atoms with van der Waals surface area (Å²) in [6.45, 7) is 0. The largest absolute Gasteiger partial charge is 0.478 e. The molecule has 1 aliphatic carbocycles. The zero-order valence-electron chi connectivity index (χ0n) is 13.8. The predicted octanol–water partition coefficient (Wildman–Crippen LogP) is 3.80. The van der Waals surface area contributed by atoms with Crippen LogP contribution in [0.1, 0.15) is 15.9 Å². The summed E-state index contributed by atoms with van der Waals surface area (Å²) in [4.78, 5) is 24.0. The molecule has 1 aliphatic heterocycles. The maximum absolute atomic E-state index is 12.4. The van der Waals surface area contributed by atoms with Gasteiger partial charge in [0, 0.05) is 28.3 Å². The van der Waals surface area contributed by atoms with Crippen LogP contribution in [-0.2, 0) is 9.53 Å². The molecule has 1 N–H and O–H groups in total. The smallest absolute Gasteiger partial charge is 0.338 e. The number of ether oxygens (including phenoxy) is 1. The molecule has 0 atom stereocenters. The Balaban J connectivity index is 1.93. The Kier molecular flexibility index (Phi) is 2.80. The highest BCUT2D eigenvalue weighted by atomic mass is 16.5. The molecule has 5 nitrogen and oxygen atoms in total. The number of hydrogen-bond donors (Lipinski definition) is 1. The average molecular weight is 343 g/mol. The summed E-state index contributed by atoms with van der Waals surface area (Å²) in [7, 11) is 1.34. The highest BCUT2D eigenvalue weighted by molar-refractivity contribution is 6.25. The molecule has 5 heteroatoms. The van der Waals surface area contributed by atoms with E-state index in [1.54, 1.807) is 12.1 Å². The van der Waals surface area contributed by atoms with E-state index in [-0.39, 0.29) is 0 Å². The summed E-state index contributed by atoms with van der Waals surface area (Å²) in [6, 6.07) is 15.2. The number of esters is 1. The Bertz CT molecular complexity index is 1210. The van der Waals surface area contributed by atoms with Crippen LogP contribution in [0.15, 0.2) is 59.7 Å². The van der Waals surface area contributed by atoms with Crippen molar-refractivity contribution in [3.63, 3.8) is 0 Å². The summed E-state index contributed by atoms with van der Waals surface area (Å²) < 4.78 is 6.92. The van der Waals surface area contributed by atoms with Crippen molar-refractivity contribution >= 4 is 34.6 Å². The van der Waals surface area contributed by atoms with Crippen LogP contribution in [0.25, 0.3) is 33.9 Å². The molecule has 0 fully saturated rings. The van der Waals surface area contributed by atoms with Crippen LogP contribution >= 0.6 is 0 Å². The van der Waals surface area contributed by atoms with Gasteiger partial charge in [0.05, 0.1) is 29.5 Å². The van der Waals surface area contributed by atoms with E-state index in [4.69, 9.17) is 4.74 Å². The fraction of sp³-hybridized carbons (Fsp3) is 0.0476. The molecule has 1 aromatic heterocycles. The number of aliphatic carboxylic acids is 1. The second-order valence-corrected chi connectivity index (χ2v) is 6.28. The van der Waals surface area contributed by atoms with Crippen LogP contribution in [0.5, 0.6) is 0 Å². The van der Waals surface area contributed by atoms with Gasteiger partial charge in [-0.25, -0.2) is 9.59 Å². The number of para-hydroxylation sites is 1. The standard InChI is InChI=1S/C21H13NO4/c1-26-21(25)13-7-4-6-12-17(13)16-9-11-5-2-3-8-15(11)22(16)10-14-18(12)19(14)20(23)24/h2-10H,1H3,(H,23,24). The van der Waals surface area contributed by atoms with Crippen molar-refractivity contribution in [1.29, 1.82) is 0 Å². The van der Waals surface area contributed by atoms with Crippen LogP contribution < -0.4 is 0 Å². The molecular formula is C21H13NO4. The molecule has 0 bridgehead atoms. The Morgan fingerprint density at radius 3 is 2.65 bits per heavy atom. The Morgan fingerprint density at radius 1 is 1.08 bits per heavy atom. The third-order valence-electron chi connectivity index (χ3n) is 4.94. The van der Waals surface area contributed by atoms with E-state index in [0.717, 1.165) is 22.2 Å². The highest BCUT2D eigenvalue weighted by Crippen LogP contribution is 2.53. The van der Waals surface area contributed by atoms with E-state index in [9.17, 15) is 14.7 Å². The van der Waals surface area contributed by atoms with Crippen molar-refractivity contribution in [2.45, 2.75) is 0 Å². The summed E-state index contributed by atoms with van der Waals surface area (Å²) in [6.07, 6.45) is 1.84. The minimum atomic E-state index is -0.958. The van der Waals surface area contributed by atoms with Crippen molar-refractivity contribution in [1.82, 2.24) is 4.57 Å². The van der Waals surface area contributed by atoms with Gasteiger partial charge in [0.25, 0.3) is 0 Å². The molecule has 0 saturated carbocycles. The van der Waals surface area contributed by atoms with Crippen LogP contribution in [-0.4, -0.2) is 28.7 Å². The molecule has 5 rings (SSSR count). The zero-order chi connectivity index (χ0) is 18.0. The number of nitrogens with zero attached hydrogens (tertiary/aromatic N) is 1.